The third-order valence-corrected chi connectivity index (χ3v) is 1.87. The van der Waals surface area contributed by atoms with Gasteiger partial charge in [-0.15, -0.1) is 0 Å². The molecule has 0 radical (unpaired) electrons. The maximum atomic E-state index is 10.1. The number of hydrogen-bond acceptors (Lipinski definition) is 4. The molecular formula is C9H6BrNO3. The fraction of sp³-hybridized carbons (Fsp3) is 0.111. The first-order valence-corrected chi connectivity index (χ1v) is 4.47. The Bertz CT molecular complexity index is 373. The molecule has 0 saturated carbocycles. The summed E-state index contributed by atoms with van der Waals surface area (Å²) >= 11 is 3.23. The van der Waals surface area contributed by atoms with Crippen molar-refractivity contribution in [2.45, 2.75) is 0 Å². The van der Waals surface area contributed by atoms with E-state index in [0.717, 1.165) is 4.47 Å². The summed E-state index contributed by atoms with van der Waals surface area (Å²) in [6, 6.07) is 6.73. The summed E-state index contributed by atoms with van der Waals surface area (Å²) < 4.78 is 10.5. The van der Waals surface area contributed by atoms with E-state index in [9.17, 15) is 4.79 Å². The average Bonchev–Trinajstić information content (AvgIpc) is 2.18. The molecule has 72 valence electrons. The summed E-state index contributed by atoms with van der Waals surface area (Å²) in [5.41, 5.74) is 0. The topological polar surface area (TPSA) is 59.3 Å². The van der Waals surface area contributed by atoms with E-state index in [1.54, 1.807) is 18.2 Å². The third kappa shape index (κ3) is 2.75. The Kier molecular flexibility index (Phi) is 3.95. The zero-order valence-corrected chi connectivity index (χ0v) is 8.65. The fourth-order valence-electron chi connectivity index (χ4n) is 0.854. The van der Waals surface area contributed by atoms with Crippen LogP contribution in [0.4, 0.5) is 0 Å². The van der Waals surface area contributed by atoms with Gasteiger partial charge in [-0.25, -0.2) is 0 Å². The molecule has 0 amide bonds. The normalized spacial score (nSPS) is 8.86. The van der Waals surface area contributed by atoms with Gasteiger partial charge in [-0.05, 0) is 18.2 Å². The maximum absolute atomic E-state index is 10.1. The van der Waals surface area contributed by atoms with Gasteiger partial charge >= 0.3 is 0 Å². The van der Waals surface area contributed by atoms with Gasteiger partial charge in [0.2, 0.25) is 0 Å². The third-order valence-electron chi connectivity index (χ3n) is 1.37. The van der Waals surface area contributed by atoms with Crippen molar-refractivity contribution < 1.29 is 14.3 Å². The first kappa shape index (κ1) is 10.5. The summed E-state index contributed by atoms with van der Waals surface area (Å²) in [6.07, 6.45) is 0. The standard InChI is InChI=1S/C9H6BrNO3/c10-7-1-2-8(14-6-12)9(5-7)13-4-3-11/h1-2,5-6H,4H2. The van der Waals surface area contributed by atoms with E-state index in [0.29, 0.717) is 18.0 Å². The summed E-state index contributed by atoms with van der Waals surface area (Å²) in [6.45, 7) is 0.216. The van der Waals surface area contributed by atoms with E-state index >= 15 is 0 Å². The first-order chi connectivity index (χ1) is 6.77. The molecule has 0 aliphatic heterocycles. The Morgan fingerprint density at radius 1 is 1.50 bits per heavy atom. The predicted molar refractivity (Wildman–Crippen MR) is 51.9 cm³/mol. The van der Waals surface area contributed by atoms with Crippen molar-refractivity contribution in [2.75, 3.05) is 6.61 Å². The summed E-state index contributed by atoms with van der Waals surface area (Å²) in [7, 11) is 0. The minimum atomic E-state index is -0.0916. The van der Waals surface area contributed by atoms with Crippen LogP contribution in [0.2, 0.25) is 0 Å². The zero-order valence-electron chi connectivity index (χ0n) is 7.07. The van der Waals surface area contributed by atoms with Crippen LogP contribution in [0.3, 0.4) is 0 Å². The lowest BCUT2D eigenvalue weighted by atomic mass is 10.3. The molecule has 14 heavy (non-hydrogen) atoms. The van der Waals surface area contributed by atoms with Crippen LogP contribution in [0.25, 0.3) is 0 Å². The molecule has 0 aromatic heterocycles. The highest BCUT2D eigenvalue weighted by Crippen LogP contribution is 2.29. The lowest BCUT2D eigenvalue weighted by Crippen LogP contribution is -1.97. The second-order valence-corrected chi connectivity index (χ2v) is 3.17. The highest BCUT2D eigenvalue weighted by molar-refractivity contribution is 9.10. The molecule has 0 heterocycles. The molecule has 0 spiro atoms. The van der Waals surface area contributed by atoms with Crippen LogP contribution in [0.15, 0.2) is 22.7 Å². The minimum absolute atomic E-state index is 0.0916. The van der Waals surface area contributed by atoms with Crippen LogP contribution in [0.5, 0.6) is 11.5 Å². The van der Waals surface area contributed by atoms with Gasteiger partial charge in [-0.2, -0.15) is 5.26 Å². The molecule has 5 heteroatoms. The van der Waals surface area contributed by atoms with Crippen molar-refractivity contribution in [3.8, 4) is 17.6 Å². The SMILES string of the molecule is N#CCOc1cc(Br)ccc1OC=O. The molecule has 0 saturated heterocycles. The van der Waals surface area contributed by atoms with Crippen molar-refractivity contribution in [2.24, 2.45) is 0 Å². The van der Waals surface area contributed by atoms with Crippen molar-refractivity contribution >= 4 is 22.4 Å². The molecule has 1 aromatic rings. The number of rotatable bonds is 4. The van der Waals surface area contributed by atoms with E-state index in [1.807, 2.05) is 6.07 Å². The van der Waals surface area contributed by atoms with Crippen LogP contribution in [0, 0.1) is 11.3 Å². The van der Waals surface area contributed by atoms with E-state index in [1.165, 1.54) is 0 Å². The molecule has 0 aliphatic rings. The van der Waals surface area contributed by atoms with E-state index < -0.39 is 0 Å². The van der Waals surface area contributed by atoms with Gasteiger partial charge in [0.05, 0.1) is 0 Å². The molecule has 1 rings (SSSR count). The molecular weight excluding hydrogens is 250 g/mol. The predicted octanol–water partition coefficient (Wildman–Crippen LogP) is 1.89. The monoisotopic (exact) mass is 255 g/mol. The molecule has 0 unspecified atom stereocenters. The van der Waals surface area contributed by atoms with Gasteiger partial charge in [0.25, 0.3) is 6.47 Å². The van der Waals surface area contributed by atoms with Gasteiger partial charge in [0, 0.05) is 4.47 Å². The molecule has 0 bridgehead atoms. The molecule has 0 aliphatic carbocycles. The number of ether oxygens (including phenoxy) is 2. The number of hydrogen-bond donors (Lipinski definition) is 0. The Hall–Kier alpha value is -1.54. The number of carbonyl (C=O) groups is 1. The van der Waals surface area contributed by atoms with E-state index in [2.05, 4.69) is 20.7 Å². The van der Waals surface area contributed by atoms with Crippen molar-refractivity contribution in [3.05, 3.63) is 22.7 Å². The second-order valence-electron chi connectivity index (χ2n) is 2.25. The van der Waals surface area contributed by atoms with Crippen LogP contribution >= 0.6 is 15.9 Å². The highest BCUT2D eigenvalue weighted by atomic mass is 79.9. The Morgan fingerprint density at radius 3 is 2.93 bits per heavy atom. The summed E-state index contributed by atoms with van der Waals surface area (Å²) in [5, 5.41) is 8.32. The number of halogens is 1. The summed E-state index contributed by atoms with van der Waals surface area (Å²) in [4.78, 5) is 10.1. The fourth-order valence-corrected chi connectivity index (χ4v) is 1.19. The van der Waals surface area contributed by atoms with Crippen molar-refractivity contribution in [3.63, 3.8) is 0 Å². The Morgan fingerprint density at radius 2 is 2.29 bits per heavy atom. The van der Waals surface area contributed by atoms with Gasteiger partial charge in [-0.1, -0.05) is 15.9 Å². The number of benzene rings is 1. The number of nitriles is 1. The van der Waals surface area contributed by atoms with Gasteiger partial charge in [0.1, 0.15) is 6.07 Å². The number of carbonyl (C=O) groups excluding carboxylic acids is 1. The van der Waals surface area contributed by atoms with Crippen molar-refractivity contribution in [1.82, 2.24) is 0 Å². The Labute approximate surface area is 89.2 Å². The van der Waals surface area contributed by atoms with Crippen molar-refractivity contribution in [1.29, 1.82) is 5.26 Å². The van der Waals surface area contributed by atoms with E-state index in [-0.39, 0.29) is 6.61 Å². The van der Waals surface area contributed by atoms with Crippen LogP contribution in [-0.4, -0.2) is 13.1 Å². The van der Waals surface area contributed by atoms with Gasteiger partial charge in [0.15, 0.2) is 18.1 Å². The maximum Gasteiger partial charge on any atom is 0.298 e. The minimum Gasteiger partial charge on any atom is -0.475 e. The Balaban J connectivity index is 2.91. The van der Waals surface area contributed by atoms with Gasteiger partial charge in [-0.3, -0.25) is 4.79 Å². The van der Waals surface area contributed by atoms with Gasteiger partial charge < -0.3 is 9.47 Å². The average molecular weight is 256 g/mol. The molecule has 0 N–H and O–H groups in total. The molecule has 1 aromatic carbocycles. The van der Waals surface area contributed by atoms with Crippen LogP contribution in [-0.2, 0) is 4.79 Å². The highest BCUT2D eigenvalue weighted by Gasteiger charge is 2.05. The lowest BCUT2D eigenvalue weighted by Gasteiger charge is -2.06. The largest absolute Gasteiger partial charge is 0.475 e. The van der Waals surface area contributed by atoms with E-state index in [4.69, 9.17) is 10.00 Å². The molecule has 0 atom stereocenters. The molecule has 4 nitrogen and oxygen atoms in total. The quantitative estimate of drug-likeness (QED) is 0.772. The van der Waals surface area contributed by atoms with Crippen LogP contribution < -0.4 is 9.47 Å². The summed E-state index contributed by atoms with van der Waals surface area (Å²) in [5.74, 6) is 0.645. The zero-order chi connectivity index (χ0) is 10.4. The lowest BCUT2D eigenvalue weighted by molar-refractivity contribution is -0.120. The second kappa shape index (κ2) is 5.25. The smallest absolute Gasteiger partial charge is 0.298 e. The number of nitrogens with zero attached hydrogens (tertiary/aromatic N) is 1. The van der Waals surface area contributed by atoms with Crippen LogP contribution in [0.1, 0.15) is 0 Å². The molecule has 0 fully saturated rings. The first-order valence-electron chi connectivity index (χ1n) is 3.67.